The summed E-state index contributed by atoms with van der Waals surface area (Å²) in [4.78, 5) is 12.3. The zero-order valence-electron chi connectivity index (χ0n) is 11.0. The number of hydrogen-bond donors (Lipinski definition) is 2. The Labute approximate surface area is 121 Å². The van der Waals surface area contributed by atoms with Crippen LogP contribution >= 0.6 is 11.8 Å². The summed E-state index contributed by atoms with van der Waals surface area (Å²) in [5.74, 6) is -0.354. The molecule has 2 aromatic carbocycles. The molecule has 2 rings (SSSR count). The lowest BCUT2D eigenvalue weighted by Gasteiger charge is -2.10. The van der Waals surface area contributed by atoms with E-state index < -0.39 is 0 Å². The van der Waals surface area contributed by atoms with Crippen LogP contribution in [0.1, 0.15) is 5.56 Å². The maximum Gasteiger partial charge on any atom is 0.234 e. The predicted octanol–water partition coefficient (Wildman–Crippen LogP) is 3.45. The van der Waals surface area contributed by atoms with Gasteiger partial charge in [-0.2, -0.15) is 0 Å². The van der Waals surface area contributed by atoms with Crippen molar-refractivity contribution < 1.29 is 9.18 Å². The van der Waals surface area contributed by atoms with Crippen LogP contribution in [-0.4, -0.2) is 11.7 Å². The second-order valence-electron chi connectivity index (χ2n) is 4.29. The number of nitrogens with two attached hydrogens (primary N) is 1. The number of carbonyl (C=O) groups is 1. The molecule has 0 heterocycles. The Morgan fingerprint density at radius 2 is 2.00 bits per heavy atom. The first-order valence-electron chi connectivity index (χ1n) is 6.10. The van der Waals surface area contributed by atoms with Gasteiger partial charge < -0.3 is 11.1 Å². The first-order valence-corrected chi connectivity index (χ1v) is 7.09. The Morgan fingerprint density at radius 1 is 1.25 bits per heavy atom. The first kappa shape index (κ1) is 14.4. The van der Waals surface area contributed by atoms with Gasteiger partial charge in [0.15, 0.2) is 0 Å². The van der Waals surface area contributed by atoms with E-state index >= 15 is 0 Å². The third-order valence-electron chi connectivity index (χ3n) is 2.85. The number of amides is 1. The van der Waals surface area contributed by atoms with Crippen molar-refractivity contribution in [3.05, 3.63) is 53.8 Å². The van der Waals surface area contributed by atoms with Crippen LogP contribution in [0.25, 0.3) is 0 Å². The highest BCUT2D eigenvalue weighted by atomic mass is 32.2. The van der Waals surface area contributed by atoms with Crippen molar-refractivity contribution >= 4 is 29.0 Å². The monoisotopic (exact) mass is 290 g/mol. The van der Waals surface area contributed by atoms with Crippen LogP contribution in [0.3, 0.4) is 0 Å². The van der Waals surface area contributed by atoms with Gasteiger partial charge in [-0.1, -0.05) is 18.2 Å². The summed E-state index contributed by atoms with van der Waals surface area (Å²) < 4.78 is 13.4. The number of anilines is 2. The SMILES string of the molecule is Cc1c(N)cccc1NC(=O)CSc1ccccc1F. The first-order chi connectivity index (χ1) is 9.58. The molecule has 0 aliphatic carbocycles. The van der Waals surface area contributed by atoms with Crippen LogP contribution in [0.4, 0.5) is 15.8 Å². The molecular formula is C15H15FN2OS. The van der Waals surface area contributed by atoms with E-state index in [9.17, 15) is 9.18 Å². The Bertz CT molecular complexity index is 631. The van der Waals surface area contributed by atoms with Crippen molar-refractivity contribution in [3.63, 3.8) is 0 Å². The lowest BCUT2D eigenvalue weighted by atomic mass is 10.1. The number of hydrogen-bond acceptors (Lipinski definition) is 3. The van der Waals surface area contributed by atoms with Gasteiger partial charge in [-0.05, 0) is 36.8 Å². The van der Waals surface area contributed by atoms with Crippen LogP contribution in [0.5, 0.6) is 0 Å². The molecule has 0 fully saturated rings. The molecule has 0 saturated heterocycles. The molecule has 104 valence electrons. The third kappa shape index (κ3) is 3.51. The van der Waals surface area contributed by atoms with Gasteiger partial charge in [0.1, 0.15) is 5.82 Å². The number of nitrogen functional groups attached to an aromatic ring is 1. The minimum absolute atomic E-state index is 0.148. The van der Waals surface area contributed by atoms with Gasteiger partial charge >= 0.3 is 0 Å². The molecule has 0 atom stereocenters. The van der Waals surface area contributed by atoms with Gasteiger partial charge in [0.2, 0.25) is 5.91 Å². The number of nitrogens with one attached hydrogen (secondary N) is 1. The number of benzene rings is 2. The van der Waals surface area contributed by atoms with Crippen molar-refractivity contribution in [2.45, 2.75) is 11.8 Å². The van der Waals surface area contributed by atoms with Crippen LogP contribution in [0.2, 0.25) is 0 Å². The fourth-order valence-electron chi connectivity index (χ4n) is 1.68. The van der Waals surface area contributed by atoms with E-state index in [1.54, 1.807) is 36.4 Å². The molecular weight excluding hydrogens is 275 g/mol. The highest BCUT2D eigenvalue weighted by Gasteiger charge is 2.08. The normalized spacial score (nSPS) is 10.3. The summed E-state index contributed by atoms with van der Waals surface area (Å²) in [6, 6.07) is 11.7. The highest BCUT2D eigenvalue weighted by Crippen LogP contribution is 2.23. The molecule has 1 amide bonds. The third-order valence-corrected chi connectivity index (χ3v) is 3.89. The minimum Gasteiger partial charge on any atom is -0.398 e. The van der Waals surface area contributed by atoms with Crippen LogP contribution in [-0.2, 0) is 4.79 Å². The molecule has 2 aromatic rings. The van der Waals surface area contributed by atoms with E-state index in [1.807, 2.05) is 6.92 Å². The second-order valence-corrected chi connectivity index (χ2v) is 5.30. The molecule has 3 N–H and O–H groups in total. The van der Waals surface area contributed by atoms with E-state index in [-0.39, 0.29) is 17.5 Å². The summed E-state index contributed by atoms with van der Waals surface area (Å²) >= 11 is 1.17. The summed E-state index contributed by atoms with van der Waals surface area (Å²) in [5.41, 5.74) is 7.92. The van der Waals surface area contributed by atoms with Gasteiger partial charge in [-0.25, -0.2) is 4.39 Å². The molecule has 5 heteroatoms. The van der Waals surface area contributed by atoms with E-state index in [0.29, 0.717) is 16.3 Å². The highest BCUT2D eigenvalue weighted by molar-refractivity contribution is 8.00. The summed E-state index contributed by atoms with van der Waals surface area (Å²) in [5, 5.41) is 2.78. The van der Waals surface area contributed by atoms with Gasteiger partial charge in [-0.3, -0.25) is 4.79 Å². The molecule has 0 saturated carbocycles. The lowest BCUT2D eigenvalue weighted by Crippen LogP contribution is -2.15. The fraction of sp³-hybridized carbons (Fsp3) is 0.133. The zero-order valence-corrected chi connectivity index (χ0v) is 11.8. The quantitative estimate of drug-likeness (QED) is 0.670. The van der Waals surface area contributed by atoms with Crippen LogP contribution in [0, 0.1) is 12.7 Å². The maximum atomic E-state index is 13.4. The average Bonchev–Trinajstić information content (AvgIpc) is 2.43. The van der Waals surface area contributed by atoms with Gasteiger partial charge in [-0.15, -0.1) is 11.8 Å². The Morgan fingerprint density at radius 3 is 2.75 bits per heavy atom. The number of thioether (sulfide) groups is 1. The molecule has 0 radical (unpaired) electrons. The maximum absolute atomic E-state index is 13.4. The summed E-state index contributed by atoms with van der Waals surface area (Å²) in [7, 11) is 0. The summed E-state index contributed by atoms with van der Waals surface area (Å²) in [6.45, 7) is 1.84. The molecule has 20 heavy (non-hydrogen) atoms. The van der Waals surface area contributed by atoms with Crippen molar-refractivity contribution in [1.82, 2.24) is 0 Å². The molecule has 0 aliphatic rings. The molecule has 0 aromatic heterocycles. The van der Waals surface area contributed by atoms with E-state index in [0.717, 1.165) is 5.56 Å². The van der Waals surface area contributed by atoms with Crippen molar-refractivity contribution in [1.29, 1.82) is 0 Å². The average molecular weight is 290 g/mol. The minimum atomic E-state index is -0.314. The fourth-order valence-corrected chi connectivity index (χ4v) is 2.42. The molecule has 0 unspecified atom stereocenters. The largest absolute Gasteiger partial charge is 0.398 e. The molecule has 0 spiro atoms. The second kappa shape index (κ2) is 6.43. The molecule has 0 bridgehead atoms. The van der Waals surface area contributed by atoms with Crippen molar-refractivity contribution in [3.8, 4) is 0 Å². The summed E-state index contributed by atoms with van der Waals surface area (Å²) in [6.07, 6.45) is 0. The standard InChI is InChI=1S/C15H15FN2OS/c1-10-12(17)6-4-7-13(10)18-15(19)9-20-14-8-3-2-5-11(14)16/h2-8H,9,17H2,1H3,(H,18,19). The zero-order chi connectivity index (χ0) is 14.5. The lowest BCUT2D eigenvalue weighted by molar-refractivity contribution is -0.113. The Balaban J connectivity index is 1.96. The van der Waals surface area contributed by atoms with E-state index in [2.05, 4.69) is 5.32 Å². The predicted molar refractivity (Wildman–Crippen MR) is 81.3 cm³/mol. The van der Waals surface area contributed by atoms with Gasteiger partial charge in [0, 0.05) is 16.3 Å². The van der Waals surface area contributed by atoms with Crippen molar-refractivity contribution in [2.24, 2.45) is 0 Å². The van der Waals surface area contributed by atoms with Crippen LogP contribution < -0.4 is 11.1 Å². The topological polar surface area (TPSA) is 55.1 Å². The van der Waals surface area contributed by atoms with E-state index in [1.165, 1.54) is 17.8 Å². The Kier molecular flexibility index (Phi) is 4.63. The van der Waals surface area contributed by atoms with Gasteiger partial charge in [0.25, 0.3) is 0 Å². The number of rotatable bonds is 4. The Hall–Kier alpha value is -2.01. The van der Waals surface area contributed by atoms with Crippen molar-refractivity contribution in [2.75, 3.05) is 16.8 Å². The van der Waals surface area contributed by atoms with Crippen LogP contribution in [0.15, 0.2) is 47.4 Å². The smallest absolute Gasteiger partial charge is 0.234 e. The number of carbonyl (C=O) groups excluding carboxylic acids is 1. The number of halogens is 1. The molecule has 3 nitrogen and oxygen atoms in total. The van der Waals surface area contributed by atoms with Gasteiger partial charge in [0.05, 0.1) is 5.75 Å². The molecule has 0 aliphatic heterocycles. The van der Waals surface area contributed by atoms with E-state index in [4.69, 9.17) is 5.73 Å².